The van der Waals surface area contributed by atoms with E-state index in [4.69, 9.17) is 9.47 Å². The van der Waals surface area contributed by atoms with Gasteiger partial charge in [-0.25, -0.2) is 9.59 Å². The molecule has 2 heterocycles. The van der Waals surface area contributed by atoms with Gasteiger partial charge in [0.15, 0.2) is 0 Å². The van der Waals surface area contributed by atoms with Crippen molar-refractivity contribution in [2.75, 3.05) is 0 Å². The Morgan fingerprint density at radius 2 is 1.00 bits per heavy atom. The lowest BCUT2D eigenvalue weighted by molar-refractivity contribution is -0.134. The van der Waals surface area contributed by atoms with Crippen molar-refractivity contribution in [3.05, 3.63) is 120 Å². The molecule has 0 aliphatic rings. The number of fused-ring (bicyclic) bond motifs is 2. The Bertz CT molecular complexity index is 2030. The molecule has 4 N–H and O–H groups in total. The molecule has 46 heavy (non-hydrogen) atoms. The lowest BCUT2D eigenvalue weighted by Gasteiger charge is -2.09. The Morgan fingerprint density at radius 1 is 0.587 bits per heavy atom. The number of carboxylic acids is 2. The molecule has 0 radical (unpaired) electrons. The smallest absolute Gasteiger partial charge is 0.339 e. The summed E-state index contributed by atoms with van der Waals surface area (Å²) in [6.07, 6.45) is 3.24. The summed E-state index contributed by atoms with van der Waals surface area (Å²) in [4.78, 5) is 55.4. The van der Waals surface area contributed by atoms with E-state index in [1.54, 1.807) is 12.4 Å². The maximum atomic E-state index is 12.7. The Kier molecular flexibility index (Phi) is 8.07. The number of carboxylic acid groups (broad SMARTS) is 2. The third-order valence-corrected chi connectivity index (χ3v) is 7.14. The molecule has 4 aromatic carbocycles. The molecular formula is C34H24N4O8. The fraction of sp³-hybridized carbons (Fsp3) is 0.0588. The molecule has 0 aliphatic heterocycles. The van der Waals surface area contributed by atoms with Crippen molar-refractivity contribution in [1.29, 1.82) is 0 Å². The van der Waals surface area contributed by atoms with Crippen molar-refractivity contribution in [2.24, 2.45) is 10.2 Å². The van der Waals surface area contributed by atoms with Crippen LogP contribution in [0.1, 0.15) is 31.8 Å². The zero-order valence-corrected chi connectivity index (χ0v) is 23.9. The zero-order valence-electron chi connectivity index (χ0n) is 23.9. The summed E-state index contributed by atoms with van der Waals surface area (Å²) in [6.45, 7) is 0. The van der Waals surface area contributed by atoms with Crippen LogP contribution in [-0.2, 0) is 22.4 Å². The maximum absolute atomic E-state index is 12.7. The van der Waals surface area contributed by atoms with Crippen LogP contribution >= 0.6 is 0 Å². The third-order valence-electron chi connectivity index (χ3n) is 7.14. The Balaban J connectivity index is 1.15. The van der Waals surface area contributed by atoms with Gasteiger partial charge in [-0.2, -0.15) is 10.2 Å². The van der Waals surface area contributed by atoms with Gasteiger partial charge in [0.2, 0.25) is 0 Å². The van der Waals surface area contributed by atoms with Gasteiger partial charge in [-0.15, -0.1) is 0 Å². The summed E-state index contributed by atoms with van der Waals surface area (Å²) < 4.78 is 10.7. The van der Waals surface area contributed by atoms with E-state index in [1.807, 2.05) is 48.5 Å². The largest absolute Gasteiger partial charge is 0.478 e. The van der Waals surface area contributed by atoms with Crippen molar-refractivity contribution in [3.63, 3.8) is 0 Å². The van der Waals surface area contributed by atoms with E-state index in [1.165, 1.54) is 36.4 Å². The van der Waals surface area contributed by atoms with E-state index >= 15 is 0 Å². The van der Waals surface area contributed by atoms with Crippen LogP contribution in [0, 0.1) is 0 Å². The fourth-order valence-corrected chi connectivity index (χ4v) is 4.97. The highest BCUT2D eigenvalue weighted by Crippen LogP contribution is 2.30. The van der Waals surface area contributed by atoms with Gasteiger partial charge >= 0.3 is 23.9 Å². The third kappa shape index (κ3) is 6.36. The molecule has 0 saturated carbocycles. The van der Waals surface area contributed by atoms with Crippen LogP contribution in [0.3, 0.4) is 0 Å². The number of hydrogen-bond donors (Lipinski definition) is 4. The van der Waals surface area contributed by atoms with Crippen molar-refractivity contribution < 1.29 is 38.9 Å². The molecule has 0 fully saturated rings. The number of hydrogen-bond acceptors (Lipinski definition) is 8. The van der Waals surface area contributed by atoms with Crippen LogP contribution in [0.2, 0.25) is 0 Å². The molecule has 0 bridgehead atoms. The zero-order chi connectivity index (χ0) is 32.2. The number of benzene rings is 4. The standard InChI is InChI=1S/C34H24N4O8/c39-31(13-19-17-35-27-7-3-1-5-23(19)27)45-29-11-9-21(15-25(29)33(41)42)37-38-22-10-12-30(26(16-22)34(43)44)46-32(40)14-20-18-36-28-8-4-2-6-24(20)28/h1-12,15-18,35-36H,13-14H2,(H,41,42)(H,43,44). The highest BCUT2D eigenvalue weighted by Gasteiger charge is 2.19. The minimum Gasteiger partial charge on any atom is -0.478 e. The molecule has 0 aliphatic carbocycles. The maximum Gasteiger partial charge on any atom is 0.339 e. The number of nitrogens with zero attached hydrogens (tertiary/aromatic N) is 2. The molecular weight excluding hydrogens is 592 g/mol. The normalized spacial score (nSPS) is 11.2. The second kappa shape index (κ2) is 12.6. The van der Waals surface area contributed by atoms with Crippen molar-refractivity contribution >= 4 is 57.1 Å². The first-order valence-electron chi connectivity index (χ1n) is 13.9. The molecule has 12 nitrogen and oxygen atoms in total. The van der Waals surface area contributed by atoms with Crippen LogP contribution in [0.15, 0.2) is 108 Å². The number of ether oxygens (including phenoxy) is 2. The van der Waals surface area contributed by atoms with E-state index < -0.39 is 23.9 Å². The number of H-pyrrole nitrogens is 2. The number of aromatic carboxylic acids is 2. The number of esters is 2. The van der Waals surface area contributed by atoms with E-state index in [-0.39, 0.29) is 46.8 Å². The Labute approximate surface area is 259 Å². The van der Waals surface area contributed by atoms with Gasteiger partial charge in [0, 0.05) is 34.2 Å². The summed E-state index contributed by atoms with van der Waals surface area (Å²) >= 11 is 0. The van der Waals surface area contributed by atoms with Crippen molar-refractivity contribution in [3.8, 4) is 11.5 Å². The summed E-state index contributed by atoms with van der Waals surface area (Å²) in [5, 5.41) is 29.2. The van der Waals surface area contributed by atoms with Crippen molar-refractivity contribution in [1.82, 2.24) is 9.97 Å². The Morgan fingerprint density at radius 3 is 1.41 bits per heavy atom. The summed E-state index contributed by atoms with van der Waals surface area (Å²) in [5.41, 5.74) is 2.73. The number of carbonyl (C=O) groups excluding carboxylic acids is 2. The quantitative estimate of drug-likeness (QED) is 0.0739. The number of aromatic amines is 2. The van der Waals surface area contributed by atoms with Gasteiger partial charge in [-0.1, -0.05) is 36.4 Å². The van der Waals surface area contributed by atoms with E-state index in [0.717, 1.165) is 21.8 Å². The molecule has 0 saturated heterocycles. The van der Waals surface area contributed by atoms with Gasteiger partial charge in [0.1, 0.15) is 22.6 Å². The predicted octanol–water partition coefficient (Wildman–Crippen LogP) is 6.76. The van der Waals surface area contributed by atoms with Crippen LogP contribution in [0.5, 0.6) is 11.5 Å². The highest BCUT2D eigenvalue weighted by atomic mass is 16.5. The number of nitrogens with one attached hydrogen (secondary N) is 2. The van der Waals surface area contributed by atoms with Crippen molar-refractivity contribution in [2.45, 2.75) is 12.8 Å². The first kappa shape index (κ1) is 29.5. The first-order chi connectivity index (χ1) is 22.2. The Hall–Kier alpha value is -6.56. The van der Waals surface area contributed by atoms with Gasteiger partial charge in [0.05, 0.1) is 24.2 Å². The molecule has 0 unspecified atom stereocenters. The molecule has 2 aromatic heterocycles. The number of para-hydroxylation sites is 2. The average molecular weight is 617 g/mol. The van der Waals surface area contributed by atoms with Crippen LogP contribution < -0.4 is 9.47 Å². The summed E-state index contributed by atoms with van der Waals surface area (Å²) in [5.74, 6) is -4.32. The van der Waals surface area contributed by atoms with Crippen LogP contribution in [0.25, 0.3) is 21.8 Å². The molecule has 0 atom stereocenters. The second-order valence-corrected chi connectivity index (χ2v) is 10.2. The van der Waals surface area contributed by atoms with E-state index in [2.05, 4.69) is 20.2 Å². The molecule has 0 amide bonds. The molecule has 6 aromatic rings. The number of azo groups is 1. The molecule has 6 rings (SSSR count). The molecule has 12 heteroatoms. The summed E-state index contributed by atoms with van der Waals surface area (Å²) in [6, 6.07) is 22.7. The first-order valence-corrected chi connectivity index (χ1v) is 13.9. The van der Waals surface area contributed by atoms with Crippen LogP contribution in [-0.4, -0.2) is 44.1 Å². The average Bonchev–Trinajstić information content (AvgIpc) is 3.64. The van der Waals surface area contributed by atoms with Gasteiger partial charge in [-0.3, -0.25) is 9.59 Å². The highest BCUT2D eigenvalue weighted by molar-refractivity contribution is 5.95. The monoisotopic (exact) mass is 616 g/mol. The van der Waals surface area contributed by atoms with E-state index in [0.29, 0.717) is 11.1 Å². The fourth-order valence-electron chi connectivity index (χ4n) is 4.97. The second-order valence-electron chi connectivity index (χ2n) is 10.2. The topological polar surface area (TPSA) is 183 Å². The molecule has 228 valence electrons. The lowest BCUT2D eigenvalue weighted by atomic mass is 10.1. The van der Waals surface area contributed by atoms with Gasteiger partial charge in [0.25, 0.3) is 0 Å². The predicted molar refractivity (Wildman–Crippen MR) is 166 cm³/mol. The lowest BCUT2D eigenvalue weighted by Crippen LogP contribution is -2.13. The van der Waals surface area contributed by atoms with E-state index in [9.17, 15) is 29.4 Å². The number of rotatable bonds is 10. The van der Waals surface area contributed by atoms with Gasteiger partial charge in [-0.05, 0) is 59.7 Å². The SMILES string of the molecule is O=C(Cc1c[nH]c2ccccc12)Oc1ccc(N=Nc2ccc(OC(=O)Cc3c[nH]c4ccccc34)c(C(=O)O)c2)cc1C(=O)O. The van der Waals surface area contributed by atoms with Crippen LogP contribution in [0.4, 0.5) is 11.4 Å². The minimum absolute atomic E-state index is 0.0786. The number of carbonyl (C=O) groups is 4. The van der Waals surface area contributed by atoms with Gasteiger partial charge < -0.3 is 29.7 Å². The minimum atomic E-state index is -1.35. The number of aromatic nitrogens is 2. The summed E-state index contributed by atoms with van der Waals surface area (Å²) in [7, 11) is 0. The molecule has 0 spiro atoms.